The number of aromatic nitrogens is 4. The van der Waals surface area contributed by atoms with Crippen LogP contribution in [0.1, 0.15) is 176 Å². The largest absolute Gasteiger partial charge is 0.540 e. The molecule has 89 heavy (non-hydrogen) atoms. The van der Waals surface area contributed by atoms with E-state index >= 15 is 0 Å². The van der Waals surface area contributed by atoms with Crippen LogP contribution in [-0.2, 0) is 76.6 Å². The van der Waals surface area contributed by atoms with Gasteiger partial charge in [0.15, 0.2) is 0 Å². The molecule has 4 aliphatic heterocycles. The monoisotopic (exact) mass is 1300 g/mol. The number of alkyl carbamates (subject to hydrolysis) is 2. The summed E-state index contributed by atoms with van der Waals surface area (Å²) in [6, 6.07) is 7.92. The van der Waals surface area contributed by atoms with E-state index < -0.39 is 65.0 Å². The number of benzene rings is 2. The first kappa shape index (κ1) is 67.7. The van der Waals surface area contributed by atoms with Crippen molar-refractivity contribution in [2.24, 2.45) is 34.5 Å². The molecule has 4 aliphatic carbocycles. The number of fused-ring (bicyclic) bond motifs is 12. The number of amides is 4. The van der Waals surface area contributed by atoms with Gasteiger partial charge >= 0.3 is 12.2 Å². The fourth-order valence-corrected chi connectivity index (χ4v) is 14.3. The van der Waals surface area contributed by atoms with Crippen molar-refractivity contribution in [2.75, 3.05) is 27.3 Å². The van der Waals surface area contributed by atoms with Crippen molar-refractivity contribution in [3.63, 3.8) is 0 Å². The topological polar surface area (TPSA) is 240 Å². The minimum absolute atomic E-state index is 0. The third-order valence-corrected chi connectivity index (χ3v) is 20.3. The Labute approximate surface area is 547 Å². The number of nitrogens with zero attached hydrogens (tertiary/aromatic N) is 6. The summed E-state index contributed by atoms with van der Waals surface area (Å²) < 4.78 is 36.0. The van der Waals surface area contributed by atoms with Crippen LogP contribution in [0.2, 0.25) is 0 Å². The first-order valence-corrected chi connectivity index (χ1v) is 31.9. The molecule has 12 atom stereocenters. The van der Waals surface area contributed by atoms with E-state index in [-0.39, 0.29) is 90.8 Å². The van der Waals surface area contributed by atoms with Crippen LogP contribution < -0.4 is 29.6 Å². The Morgan fingerprint density at radius 3 is 1.46 bits per heavy atom. The van der Waals surface area contributed by atoms with Crippen molar-refractivity contribution in [1.29, 1.82) is 0 Å². The Bertz CT molecular complexity index is 3300. The number of methoxy groups -OCH3 is 2. The molecule has 2 aromatic heterocycles. The van der Waals surface area contributed by atoms with Crippen molar-refractivity contribution in [1.82, 2.24) is 40.4 Å². The van der Waals surface area contributed by atoms with E-state index in [1.165, 1.54) is 9.80 Å². The Hall–Kier alpha value is -5.69. The first-order chi connectivity index (χ1) is 41.5. The van der Waals surface area contributed by atoms with Crippen LogP contribution in [0.25, 0.3) is 22.1 Å². The predicted molar refractivity (Wildman–Crippen MR) is 324 cm³/mol. The molecule has 12 rings (SSSR count). The molecule has 2 N–H and O–H groups in total. The van der Waals surface area contributed by atoms with Gasteiger partial charge in [0.05, 0.1) is 49.4 Å². The van der Waals surface area contributed by atoms with Gasteiger partial charge in [-0.05, 0) is 124 Å². The number of hydrogen-bond donors (Lipinski definition) is 2. The molecule has 480 valence electrons. The summed E-state index contributed by atoms with van der Waals surface area (Å²) in [5.74, 6) is 1.64. The van der Waals surface area contributed by atoms with Crippen LogP contribution in [-0.4, -0.2) is 142 Å². The zero-order valence-corrected chi connectivity index (χ0v) is 56.3. The maximum absolute atomic E-state index is 14.2. The molecule has 4 bridgehead atoms. The SMILES string of the molecule is CC[C@@H]1[C@@H]2CN(C(=O)[C@H](C(C)(C)C)NC(=O)O[C@@H]3C[C@H]3CCCCC3(CC3)c3nc4ccc(OC)cc4nc3O2)[C@@H]1[C-]=O.CC[C@@H]1[C@@H]2CN(C(=O)[C@H](C(C)(C)C)NC(=O)O[C@]3(C)C[C@H]3CCCCC3(CC3)c3nc4ccc(OC)cc4nc3O2)[C@@H]1[C-]=O.[V].[V]. The van der Waals surface area contributed by atoms with E-state index in [0.717, 1.165) is 112 Å². The molecule has 4 amide bonds. The second-order valence-electron chi connectivity index (χ2n) is 28.5. The van der Waals surface area contributed by atoms with E-state index in [1.807, 2.05) is 98.7 Å². The minimum atomic E-state index is -0.903. The molecule has 22 heteroatoms. The van der Waals surface area contributed by atoms with Crippen LogP contribution in [0.4, 0.5) is 9.59 Å². The number of hydrogen-bond acceptors (Lipinski definition) is 16. The van der Waals surface area contributed by atoms with Gasteiger partial charge in [-0.15, -0.1) is 0 Å². The Balaban J connectivity index is 0.000000207. The molecule has 6 heterocycles. The Morgan fingerprint density at radius 2 is 1.04 bits per heavy atom. The molecule has 2 aromatic carbocycles. The number of ether oxygens (including phenoxy) is 6. The fourth-order valence-electron chi connectivity index (χ4n) is 14.3. The normalized spacial score (nSPS) is 30.6. The molecule has 2 radical (unpaired) electrons. The van der Waals surface area contributed by atoms with E-state index in [1.54, 1.807) is 14.2 Å². The van der Waals surface area contributed by atoms with Gasteiger partial charge < -0.3 is 58.4 Å². The Kier molecular flexibility index (Phi) is 20.2. The number of carbonyl (C=O) groups is 4. The standard InChI is InChI=1S/C34H45N4O6.C33H43N4O6.2V/c1-7-22-25(19-39)38-18-26(22)43-29-27(35-23-12-11-21(42-6)16-24(23)36-29)34(14-15-34)13-9-8-10-20-17-33(20,5)44-31(41)37-28(30(38)40)32(2,3)4;1-6-21-24(18-38)37-17-26(21)42-29-27(34-22-11-10-20(41-5)16-23(22)35-29)33(13-14-33)12-8-7-9-19-15-25(19)43-31(40)36-28(30(37)39)32(2,3)4;;/h11-12,16,20,22,25-26,28H,7-10,13-15,17-18H2,1-6H3,(H,37,41);10-11,16,19,21,24-26,28H,6-9,12-15,17H2,1-5H3,(H,36,40);;/q2*-1;;/t20-,22+,25-,26+,28-,33-;19-,21+,24-,25-,26+,28-;;/m11../s1. The molecule has 0 unspecified atom stereocenters. The maximum Gasteiger partial charge on any atom is 0.408 e. The van der Waals surface area contributed by atoms with Gasteiger partial charge in [0.25, 0.3) is 0 Å². The first-order valence-electron chi connectivity index (χ1n) is 31.9. The molecular weight excluding hydrogens is 1210 g/mol. The van der Waals surface area contributed by atoms with E-state index in [9.17, 15) is 28.8 Å². The molecular formula is C67H88N8O12V2-2. The van der Waals surface area contributed by atoms with Gasteiger partial charge in [-0.25, -0.2) is 42.1 Å². The smallest absolute Gasteiger partial charge is 0.408 e. The summed E-state index contributed by atoms with van der Waals surface area (Å²) in [5, 5.41) is 5.70. The number of nitrogens with one attached hydrogen (secondary N) is 2. The van der Waals surface area contributed by atoms with Gasteiger partial charge in [-0.3, -0.25) is 9.59 Å². The van der Waals surface area contributed by atoms with Crippen LogP contribution in [0.15, 0.2) is 36.4 Å². The van der Waals surface area contributed by atoms with Crippen LogP contribution in [0.5, 0.6) is 23.3 Å². The van der Waals surface area contributed by atoms with Gasteiger partial charge in [-0.2, -0.15) is 0 Å². The van der Waals surface area contributed by atoms with Gasteiger partial charge in [0.1, 0.15) is 58.9 Å². The quantitative estimate of drug-likeness (QED) is 0.171. The average Bonchev–Trinajstić information content (AvgIpc) is 1.61. The number of carbonyl (C=O) groups excluding carboxylic acids is 6. The molecule has 8 aliphatic rings. The average molecular weight is 1300 g/mol. The summed E-state index contributed by atoms with van der Waals surface area (Å²) in [5.41, 5.74) is 2.62. The van der Waals surface area contributed by atoms with E-state index in [4.69, 9.17) is 48.4 Å². The zero-order chi connectivity index (χ0) is 62.0. The summed E-state index contributed by atoms with van der Waals surface area (Å²) in [6.07, 6.45) is 16.9. The summed E-state index contributed by atoms with van der Waals surface area (Å²) >= 11 is 0. The number of rotatable bonds is 6. The third-order valence-electron chi connectivity index (χ3n) is 20.3. The predicted octanol–water partition coefficient (Wildman–Crippen LogP) is 10.1. The van der Waals surface area contributed by atoms with Crippen molar-refractivity contribution in [3.05, 3.63) is 47.8 Å². The van der Waals surface area contributed by atoms with Crippen LogP contribution in [0.3, 0.4) is 0 Å². The van der Waals surface area contributed by atoms with Crippen molar-refractivity contribution in [3.8, 4) is 23.3 Å². The third kappa shape index (κ3) is 14.1. The summed E-state index contributed by atoms with van der Waals surface area (Å²) in [4.78, 5) is 103. The molecule has 2 spiro atoms. The van der Waals surface area contributed by atoms with Gasteiger partial charge in [-0.1, -0.05) is 106 Å². The molecule has 4 aromatic rings. The van der Waals surface area contributed by atoms with E-state index in [0.29, 0.717) is 59.0 Å². The zero-order valence-electron chi connectivity index (χ0n) is 53.5. The molecule has 2 saturated heterocycles. The van der Waals surface area contributed by atoms with Gasteiger partial charge in [0.2, 0.25) is 23.6 Å². The van der Waals surface area contributed by atoms with Gasteiger partial charge in [0, 0.05) is 66.0 Å². The maximum atomic E-state index is 14.2. The second kappa shape index (κ2) is 26.5. The van der Waals surface area contributed by atoms with Crippen molar-refractivity contribution in [2.45, 2.75) is 224 Å². The summed E-state index contributed by atoms with van der Waals surface area (Å²) in [6.45, 7) is 17.6. The Morgan fingerprint density at radius 1 is 0.596 bits per heavy atom. The minimum Gasteiger partial charge on any atom is -0.540 e. The fraction of sp³-hybridized carbons (Fsp3) is 0.672. The van der Waals surface area contributed by atoms with Crippen LogP contribution >= 0.6 is 0 Å². The van der Waals surface area contributed by atoms with Crippen LogP contribution in [0, 0.1) is 34.5 Å². The summed E-state index contributed by atoms with van der Waals surface area (Å²) in [7, 11) is 3.24. The molecule has 6 fully saturated rings. The van der Waals surface area contributed by atoms with Crippen molar-refractivity contribution >= 4 is 58.6 Å². The van der Waals surface area contributed by atoms with Crippen molar-refractivity contribution < 1.29 is 94.3 Å². The molecule has 4 saturated carbocycles. The van der Waals surface area contributed by atoms with E-state index in [2.05, 4.69) is 23.2 Å². The second-order valence-corrected chi connectivity index (χ2v) is 28.5. The molecule has 20 nitrogen and oxygen atoms in total.